The summed E-state index contributed by atoms with van der Waals surface area (Å²) >= 11 is 0. The number of hydrogen-bond donors (Lipinski definition) is 1. The molecule has 1 aliphatic heterocycles. The zero-order valence-electron chi connectivity index (χ0n) is 9.45. The minimum Gasteiger partial charge on any atom is -0.371 e. The fourth-order valence-electron chi connectivity index (χ4n) is 2.30. The van der Waals surface area contributed by atoms with E-state index in [2.05, 4.69) is 36.1 Å². The van der Waals surface area contributed by atoms with E-state index in [0.717, 1.165) is 0 Å². The number of anilines is 1. The molecule has 0 aliphatic carbocycles. The van der Waals surface area contributed by atoms with E-state index in [9.17, 15) is 0 Å². The molecule has 1 fully saturated rings. The van der Waals surface area contributed by atoms with Crippen molar-refractivity contribution in [2.24, 2.45) is 5.73 Å². The van der Waals surface area contributed by atoms with E-state index < -0.39 is 0 Å². The van der Waals surface area contributed by atoms with E-state index in [1.165, 1.54) is 43.6 Å². The van der Waals surface area contributed by atoms with Crippen LogP contribution in [0.15, 0.2) is 24.3 Å². The highest BCUT2D eigenvalue weighted by molar-refractivity contribution is 5.55. The number of rotatable bonds is 2. The van der Waals surface area contributed by atoms with Gasteiger partial charge in [0.2, 0.25) is 0 Å². The van der Waals surface area contributed by atoms with E-state index in [4.69, 9.17) is 5.73 Å². The lowest BCUT2D eigenvalue weighted by Gasteiger charge is -2.31. The molecule has 2 heteroatoms. The van der Waals surface area contributed by atoms with Crippen LogP contribution in [0.2, 0.25) is 0 Å². The van der Waals surface area contributed by atoms with E-state index >= 15 is 0 Å². The minimum absolute atomic E-state index is 0.128. The van der Waals surface area contributed by atoms with Crippen molar-refractivity contribution in [1.82, 2.24) is 0 Å². The Morgan fingerprint density at radius 3 is 2.47 bits per heavy atom. The first-order chi connectivity index (χ1) is 7.29. The number of hydrogen-bond acceptors (Lipinski definition) is 2. The number of para-hydroxylation sites is 1. The van der Waals surface area contributed by atoms with Crippen LogP contribution in [0.1, 0.15) is 37.8 Å². The van der Waals surface area contributed by atoms with Crippen LogP contribution in [0.4, 0.5) is 5.69 Å². The van der Waals surface area contributed by atoms with Gasteiger partial charge in [-0.3, -0.25) is 0 Å². The Bertz CT molecular complexity index is 314. The summed E-state index contributed by atoms with van der Waals surface area (Å²) in [5.74, 6) is 0. The summed E-state index contributed by atoms with van der Waals surface area (Å²) < 4.78 is 0. The molecule has 1 saturated heterocycles. The van der Waals surface area contributed by atoms with Crippen molar-refractivity contribution in [1.29, 1.82) is 0 Å². The first kappa shape index (κ1) is 10.5. The van der Waals surface area contributed by atoms with Crippen molar-refractivity contribution in [2.45, 2.75) is 32.2 Å². The maximum atomic E-state index is 5.99. The van der Waals surface area contributed by atoms with Crippen LogP contribution in [0.25, 0.3) is 0 Å². The highest BCUT2D eigenvalue weighted by atomic mass is 15.1. The molecular weight excluding hydrogens is 184 g/mol. The molecule has 0 amide bonds. The Morgan fingerprint density at radius 2 is 1.80 bits per heavy atom. The van der Waals surface area contributed by atoms with Crippen LogP contribution < -0.4 is 10.6 Å². The van der Waals surface area contributed by atoms with Crippen LogP contribution in [-0.4, -0.2) is 13.1 Å². The van der Waals surface area contributed by atoms with Gasteiger partial charge in [-0.25, -0.2) is 0 Å². The van der Waals surface area contributed by atoms with Crippen molar-refractivity contribution < 1.29 is 0 Å². The average molecular weight is 204 g/mol. The van der Waals surface area contributed by atoms with Gasteiger partial charge in [0.15, 0.2) is 0 Å². The number of nitrogens with two attached hydrogens (primary N) is 1. The fraction of sp³-hybridized carbons (Fsp3) is 0.538. The fourth-order valence-corrected chi connectivity index (χ4v) is 2.30. The van der Waals surface area contributed by atoms with Crippen LogP contribution in [0.5, 0.6) is 0 Å². The molecule has 1 heterocycles. The molecule has 2 nitrogen and oxygen atoms in total. The average Bonchev–Trinajstić information content (AvgIpc) is 2.30. The summed E-state index contributed by atoms with van der Waals surface area (Å²) in [5.41, 5.74) is 8.61. The van der Waals surface area contributed by atoms with Crippen LogP contribution >= 0.6 is 0 Å². The topological polar surface area (TPSA) is 29.3 Å². The minimum atomic E-state index is 0.128. The molecular formula is C13H20N2. The Balaban J connectivity index is 2.25. The molecule has 15 heavy (non-hydrogen) atoms. The zero-order chi connectivity index (χ0) is 10.7. The molecule has 1 unspecified atom stereocenters. The van der Waals surface area contributed by atoms with Gasteiger partial charge in [-0.15, -0.1) is 0 Å². The van der Waals surface area contributed by atoms with Gasteiger partial charge in [0.25, 0.3) is 0 Å². The summed E-state index contributed by atoms with van der Waals surface area (Å²) in [7, 11) is 0. The van der Waals surface area contributed by atoms with Crippen molar-refractivity contribution in [3.63, 3.8) is 0 Å². The summed E-state index contributed by atoms with van der Waals surface area (Å²) in [4.78, 5) is 2.47. The van der Waals surface area contributed by atoms with Crippen LogP contribution in [-0.2, 0) is 0 Å². The molecule has 0 aromatic heterocycles. The quantitative estimate of drug-likeness (QED) is 0.802. The second kappa shape index (κ2) is 4.67. The first-order valence-electron chi connectivity index (χ1n) is 5.88. The maximum Gasteiger partial charge on any atom is 0.0414 e. The highest BCUT2D eigenvalue weighted by Crippen LogP contribution is 2.27. The van der Waals surface area contributed by atoms with Gasteiger partial charge in [0, 0.05) is 24.8 Å². The molecule has 0 radical (unpaired) electrons. The third-order valence-electron chi connectivity index (χ3n) is 3.12. The molecule has 2 rings (SSSR count). The van der Waals surface area contributed by atoms with Gasteiger partial charge in [0.1, 0.15) is 0 Å². The van der Waals surface area contributed by atoms with E-state index in [-0.39, 0.29) is 6.04 Å². The monoisotopic (exact) mass is 204 g/mol. The SMILES string of the molecule is CC(N)c1ccccc1N1CCCCC1. The molecule has 1 atom stereocenters. The highest BCUT2D eigenvalue weighted by Gasteiger charge is 2.15. The first-order valence-corrected chi connectivity index (χ1v) is 5.88. The van der Waals surface area contributed by atoms with Gasteiger partial charge >= 0.3 is 0 Å². The molecule has 0 saturated carbocycles. The van der Waals surface area contributed by atoms with E-state index in [1.54, 1.807) is 0 Å². The summed E-state index contributed by atoms with van der Waals surface area (Å²) in [6, 6.07) is 8.66. The number of nitrogens with zero attached hydrogens (tertiary/aromatic N) is 1. The van der Waals surface area contributed by atoms with Crippen molar-refractivity contribution in [3.05, 3.63) is 29.8 Å². The lowest BCUT2D eigenvalue weighted by atomic mass is 10.0. The third kappa shape index (κ3) is 2.32. The van der Waals surface area contributed by atoms with Gasteiger partial charge in [-0.1, -0.05) is 18.2 Å². The Labute approximate surface area is 92.1 Å². The molecule has 0 spiro atoms. The smallest absolute Gasteiger partial charge is 0.0414 e. The van der Waals surface area contributed by atoms with Gasteiger partial charge in [-0.2, -0.15) is 0 Å². The second-order valence-corrected chi connectivity index (χ2v) is 4.40. The maximum absolute atomic E-state index is 5.99. The third-order valence-corrected chi connectivity index (χ3v) is 3.12. The summed E-state index contributed by atoms with van der Waals surface area (Å²) in [5, 5.41) is 0. The van der Waals surface area contributed by atoms with Crippen molar-refractivity contribution in [3.8, 4) is 0 Å². The van der Waals surface area contributed by atoms with Crippen molar-refractivity contribution in [2.75, 3.05) is 18.0 Å². The number of benzene rings is 1. The molecule has 1 aromatic rings. The largest absolute Gasteiger partial charge is 0.371 e. The predicted molar refractivity (Wildman–Crippen MR) is 65.1 cm³/mol. The molecule has 2 N–H and O–H groups in total. The van der Waals surface area contributed by atoms with Crippen LogP contribution in [0.3, 0.4) is 0 Å². The summed E-state index contributed by atoms with van der Waals surface area (Å²) in [6.45, 7) is 4.43. The van der Waals surface area contributed by atoms with E-state index in [1.807, 2.05) is 0 Å². The summed E-state index contributed by atoms with van der Waals surface area (Å²) in [6.07, 6.45) is 4.00. The Morgan fingerprint density at radius 1 is 1.13 bits per heavy atom. The lowest BCUT2D eigenvalue weighted by molar-refractivity contribution is 0.575. The lowest BCUT2D eigenvalue weighted by Crippen LogP contribution is -2.30. The van der Waals surface area contributed by atoms with Gasteiger partial charge in [-0.05, 0) is 37.8 Å². The predicted octanol–water partition coefficient (Wildman–Crippen LogP) is 2.70. The Hall–Kier alpha value is -1.02. The molecule has 82 valence electrons. The second-order valence-electron chi connectivity index (χ2n) is 4.40. The van der Waals surface area contributed by atoms with Gasteiger partial charge < -0.3 is 10.6 Å². The van der Waals surface area contributed by atoms with Crippen LogP contribution in [0, 0.1) is 0 Å². The van der Waals surface area contributed by atoms with Gasteiger partial charge in [0.05, 0.1) is 0 Å². The number of piperidine rings is 1. The normalized spacial score (nSPS) is 18.9. The molecule has 0 bridgehead atoms. The molecule has 1 aromatic carbocycles. The molecule has 1 aliphatic rings. The standard InChI is InChI=1S/C13H20N2/c1-11(14)12-7-3-4-8-13(12)15-9-5-2-6-10-15/h3-4,7-8,11H,2,5-6,9-10,14H2,1H3. The van der Waals surface area contributed by atoms with Crippen molar-refractivity contribution >= 4 is 5.69 Å². The van der Waals surface area contributed by atoms with E-state index in [0.29, 0.717) is 0 Å². The zero-order valence-corrected chi connectivity index (χ0v) is 9.45. The Kier molecular flexibility index (Phi) is 3.27.